The maximum absolute atomic E-state index is 5.47. The molecule has 0 bridgehead atoms. The summed E-state index contributed by atoms with van der Waals surface area (Å²) in [6.45, 7) is 6.32. The van der Waals surface area contributed by atoms with E-state index in [9.17, 15) is 0 Å². The molecule has 0 unspecified atom stereocenters. The predicted octanol–water partition coefficient (Wildman–Crippen LogP) is 10.9. The zero-order valence-corrected chi connectivity index (χ0v) is 24.4. The number of rotatable bonds is 28. The molecular weight excluding hydrogens is 412 g/mol. The highest BCUT2D eigenvalue weighted by molar-refractivity contribution is 4.50. The quantitative estimate of drug-likeness (QED) is 0.109. The smallest absolute Gasteiger partial charge is 0.00773 e. The molecular formula is C32H70N2. The fourth-order valence-corrected chi connectivity index (χ4v) is 4.68. The van der Waals surface area contributed by atoms with E-state index in [0.717, 1.165) is 13.1 Å². The second-order valence-corrected chi connectivity index (χ2v) is 10.8. The van der Waals surface area contributed by atoms with Crippen LogP contribution in [0.4, 0.5) is 0 Å². The first-order valence-electron chi connectivity index (χ1n) is 16.2. The maximum Gasteiger partial charge on any atom is -0.00773 e. The van der Waals surface area contributed by atoms with Crippen molar-refractivity contribution in [1.82, 2.24) is 0 Å². The van der Waals surface area contributed by atoms with Crippen LogP contribution >= 0.6 is 0 Å². The minimum absolute atomic E-state index is 0.873. The van der Waals surface area contributed by atoms with Crippen LogP contribution < -0.4 is 11.5 Å². The van der Waals surface area contributed by atoms with E-state index in [0.29, 0.717) is 0 Å². The van der Waals surface area contributed by atoms with Crippen LogP contribution in [0.5, 0.6) is 0 Å². The molecule has 0 rings (SSSR count). The molecule has 0 aliphatic carbocycles. The normalized spacial score (nSPS) is 10.9. The molecule has 2 nitrogen and oxygen atoms in total. The maximum atomic E-state index is 5.47. The van der Waals surface area contributed by atoms with Gasteiger partial charge in [0.15, 0.2) is 0 Å². The highest BCUT2D eigenvalue weighted by atomic mass is 14.5. The summed E-state index contributed by atoms with van der Waals surface area (Å²) in [7, 11) is 0. The van der Waals surface area contributed by atoms with E-state index < -0.39 is 0 Å². The Morgan fingerprint density at radius 3 is 0.529 bits per heavy atom. The first kappa shape index (κ1) is 36.1. The molecule has 0 amide bonds. The summed E-state index contributed by atoms with van der Waals surface area (Å²) in [6, 6.07) is 0. The van der Waals surface area contributed by atoms with E-state index in [1.165, 1.54) is 180 Å². The van der Waals surface area contributed by atoms with E-state index in [2.05, 4.69) is 13.8 Å². The summed E-state index contributed by atoms with van der Waals surface area (Å²) in [5.41, 5.74) is 10.9. The molecule has 0 heterocycles. The fourth-order valence-electron chi connectivity index (χ4n) is 4.68. The molecule has 0 saturated heterocycles. The Morgan fingerprint density at radius 2 is 0.382 bits per heavy atom. The van der Waals surface area contributed by atoms with Gasteiger partial charge in [-0.1, -0.05) is 181 Å². The van der Waals surface area contributed by atoms with Gasteiger partial charge in [-0.25, -0.2) is 0 Å². The molecule has 0 fully saturated rings. The van der Waals surface area contributed by atoms with Crippen LogP contribution in [0.1, 0.15) is 194 Å². The Hall–Kier alpha value is -0.0800. The molecule has 0 aromatic rings. The zero-order valence-electron chi connectivity index (χ0n) is 24.4. The van der Waals surface area contributed by atoms with Gasteiger partial charge in [-0.05, 0) is 25.9 Å². The lowest BCUT2D eigenvalue weighted by Crippen LogP contribution is -1.97. The third kappa shape index (κ3) is 39.1. The zero-order chi connectivity index (χ0) is 25.2. The summed E-state index contributed by atoms with van der Waals surface area (Å²) >= 11 is 0. The summed E-state index contributed by atoms with van der Waals surface area (Å²) < 4.78 is 0. The lowest BCUT2D eigenvalue weighted by Gasteiger charge is -2.02. The van der Waals surface area contributed by atoms with Crippen LogP contribution in [0.25, 0.3) is 0 Å². The van der Waals surface area contributed by atoms with Gasteiger partial charge in [0.2, 0.25) is 0 Å². The first-order chi connectivity index (χ1) is 16.8. The number of hydrogen-bond acceptors (Lipinski definition) is 2. The van der Waals surface area contributed by atoms with Gasteiger partial charge in [0, 0.05) is 0 Å². The van der Waals surface area contributed by atoms with Crippen LogP contribution in [0.3, 0.4) is 0 Å². The van der Waals surface area contributed by atoms with Gasteiger partial charge >= 0.3 is 0 Å². The molecule has 2 heteroatoms. The van der Waals surface area contributed by atoms with Gasteiger partial charge in [-0.2, -0.15) is 0 Å². The van der Waals surface area contributed by atoms with E-state index in [4.69, 9.17) is 11.5 Å². The van der Waals surface area contributed by atoms with Crippen LogP contribution in [0, 0.1) is 0 Å². The van der Waals surface area contributed by atoms with Gasteiger partial charge in [-0.3, -0.25) is 0 Å². The first-order valence-corrected chi connectivity index (χ1v) is 16.2. The van der Waals surface area contributed by atoms with Crippen LogP contribution in [0.15, 0.2) is 0 Å². The second-order valence-electron chi connectivity index (χ2n) is 10.8. The largest absolute Gasteiger partial charge is 0.330 e. The summed E-state index contributed by atoms with van der Waals surface area (Å²) in [5.74, 6) is 0. The SMILES string of the molecule is CCCCCCCCCCCCCCCCN.CCCCCCCCCCCCCCCCN. The van der Waals surface area contributed by atoms with Crippen molar-refractivity contribution in [3.8, 4) is 0 Å². The Labute approximate surface area is 218 Å². The monoisotopic (exact) mass is 483 g/mol. The molecule has 208 valence electrons. The van der Waals surface area contributed by atoms with Crippen molar-refractivity contribution in [1.29, 1.82) is 0 Å². The Bertz CT molecular complexity index is 247. The Balaban J connectivity index is 0. The molecule has 0 aromatic carbocycles. The Morgan fingerprint density at radius 1 is 0.235 bits per heavy atom. The summed E-state index contributed by atoms with van der Waals surface area (Å²) in [4.78, 5) is 0. The lowest BCUT2D eigenvalue weighted by atomic mass is 10.0. The van der Waals surface area contributed by atoms with Crippen molar-refractivity contribution in [3.63, 3.8) is 0 Å². The molecule has 34 heavy (non-hydrogen) atoms. The highest BCUT2D eigenvalue weighted by Gasteiger charge is 1.94. The number of nitrogens with two attached hydrogens (primary N) is 2. The van der Waals surface area contributed by atoms with Gasteiger partial charge in [-0.15, -0.1) is 0 Å². The van der Waals surface area contributed by atoms with Gasteiger partial charge in [0.25, 0.3) is 0 Å². The third-order valence-corrected chi connectivity index (χ3v) is 7.12. The standard InChI is InChI=1S/2C16H35N/c2*1-2-3-4-5-6-7-8-9-10-11-12-13-14-15-16-17/h2*2-17H2,1H3. The van der Waals surface area contributed by atoms with Crippen molar-refractivity contribution in [3.05, 3.63) is 0 Å². The second kappa shape index (κ2) is 37.5. The van der Waals surface area contributed by atoms with E-state index in [1.54, 1.807) is 0 Å². The van der Waals surface area contributed by atoms with Crippen LogP contribution in [0.2, 0.25) is 0 Å². The van der Waals surface area contributed by atoms with E-state index >= 15 is 0 Å². The lowest BCUT2D eigenvalue weighted by molar-refractivity contribution is 0.536. The molecule has 0 radical (unpaired) electrons. The number of unbranched alkanes of at least 4 members (excludes halogenated alkanes) is 26. The minimum atomic E-state index is 0.873. The third-order valence-electron chi connectivity index (χ3n) is 7.12. The molecule has 0 aliphatic heterocycles. The van der Waals surface area contributed by atoms with Gasteiger partial charge in [0.1, 0.15) is 0 Å². The molecule has 0 atom stereocenters. The fraction of sp³-hybridized carbons (Fsp3) is 1.00. The molecule has 0 aliphatic rings. The highest BCUT2D eigenvalue weighted by Crippen LogP contribution is 2.14. The predicted molar refractivity (Wildman–Crippen MR) is 159 cm³/mol. The van der Waals surface area contributed by atoms with Gasteiger partial charge in [0.05, 0.1) is 0 Å². The van der Waals surface area contributed by atoms with Crippen LogP contribution in [-0.2, 0) is 0 Å². The van der Waals surface area contributed by atoms with Crippen molar-refractivity contribution >= 4 is 0 Å². The Kier molecular flexibility index (Phi) is 39.8. The van der Waals surface area contributed by atoms with Crippen molar-refractivity contribution in [2.24, 2.45) is 11.5 Å². The van der Waals surface area contributed by atoms with Crippen molar-refractivity contribution in [2.75, 3.05) is 13.1 Å². The molecule has 0 aromatic heterocycles. The van der Waals surface area contributed by atoms with Crippen molar-refractivity contribution in [2.45, 2.75) is 194 Å². The average molecular weight is 483 g/mol. The summed E-state index contributed by atoms with van der Waals surface area (Å²) in [6.07, 6.45) is 39.7. The van der Waals surface area contributed by atoms with E-state index in [1.807, 2.05) is 0 Å². The topological polar surface area (TPSA) is 52.0 Å². The van der Waals surface area contributed by atoms with E-state index in [-0.39, 0.29) is 0 Å². The van der Waals surface area contributed by atoms with Crippen molar-refractivity contribution < 1.29 is 0 Å². The molecule has 0 saturated carbocycles. The van der Waals surface area contributed by atoms with Crippen LogP contribution in [-0.4, -0.2) is 13.1 Å². The summed E-state index contributed by atoms with van der Waals surface area (Å²) in [5, 5.41) is 0. The molecule has 4 N–H and O–H groups in total. The molecule has 0 spiro atoms. The van der Waals surface area contributed by atoms with Gasteiger partial charge < -0.3 is 11.5 Å². The minimum Gasteiger partial charge on any atom is -0.330 e. The average Bonchev–Trinajstić information content (AvgIpc) is 2.85. The number of hydrogen-bond donors (Lipinski definition) is 2.